The van der Waals surface area contributed by atoms with Crippen molar-refractivity contribution in [1.29, 1.82) is 0 Å². The van der Waals surface area contributed by atoms with Crippen molar-refractivity contribution >= 4 is 0 Å². The summed E-state index contributed by atoms with van der Waals surface area (Å²) >= 11 is 0. The number of nitrogens with zero attached hydrogens (tertiary/aromatic N) is 1. The van der Waals surface area contributed by atoms with Crippen LogP contribution in [-0.4, -0.2) is 36.6 Å². The summed E-state index contributed by atoms with van der Waals surface area (Å²) in [5.74, 6) is 0. The van der Waals surface area contributed by atoms with Crippen LogP contribution in [0.1, 0.15) is 59.3 Å². The zero-order chi connectivity index (χ0) is 11.8. The molecule has 1 rings (SSSR count). The maximum absolute atomic E-state index is 3.71. The van der Waals surface area contributed by atoms with Gasteiger partial charge in [0.2, 0.25) is 0 Å². The number of hydrogen-bond donors (Lipinski definition) is 1. The predicted molar refractivity (Wildman–Crippen MR) is 71.9 cm³/mol. The molecule has 0 heterocycles. The maximum atomic E-state index is 3.71. The lowest BCUT2D eigenvalue weighted by molar-refractivity contribution is 0.146. The summed E-state index contributed by atoms with van der Waals surface area (Å²) in [5.41, 5.74) is 0. The highest BCUT2D eigenvalue weighted by Gasteiger charge is 2.25. The Hall–Kier alpha value is -0.0800. The predicted octanol–water partition coefficient (Wildman–Crippen LogP) is 3.03. The van der Waals surface area contributed by atoms with Crippen molar-refractivity contribution in [3.63, 3.8) is 0 Å². The standard InChI is InChI=1S/C14H30N2/c1-4-15-13-11-9-7-8-10-12-14(13)16(5-2)6-3/h13-15H,4-12H2,1-3H3. The van der Waals surface area contributed by atoms with Crippen molar-refractivity contribution in [3.8, 4) is 0 Å². The van der Waals surface area contributed by atoms with Gasteiger partial charge in [-0.3, -0.25) is 4.90 Å². The first kappa shape index (κ1) is 14.0. The van der Waals surface area contributed by atoms with Gasteiger partial charge in [-0.15, -0.1) is 0 Å². The molecule has 0 amide bonds. The molecule has 96 valence electrons. The molecule has 2 atom stereocenters. The van der Waals surface area contributed by atoms with Gasteiger partial charge in [-0.25, -0.2) is 0 Å². The van der Waals surface area contributed by atoms with E-state index in [1.807, 2.05) is 0 Å². The van der Waals surface area contributed by atoms with Gasteiger partial charge in [-0.05, 0) is 32.5 Å². The van der Waals surface area contributed by atoms with E-state index in [1.165, 1.54) is 51.6 Å². The Labute approximate surface area is 102 Å². The first-order chi connectivity index (χ1) is 7.83. The van der Waals surface area contributed by atoms with E-state index in [0.717, 1.165) is 18.6 Å². The maximum Gasteiger partial charge on any atom is 0.0249 e. The van der Waals surface area contributed by atoms with Crippen LogP contribution < -0.4 is 5.32 Å². The summed E-state index contributed by atoms with van der Waals surface area (Å²) in [7, 11) is 0. The average Bonchev–Trinajstić information content (AvgIpc) is 2.27. The van der Waals surface area contributed by atoms with E-state index in [4.69, 9.17) is 0 Å². The summed E-state index contributed by atoms with van der Waals surface area (Å²) in [6.45, 7) is 10.3. The smallest absolute Gasteiger partial charge is 0.0249 e. The molecular formula is C14H30N2. The Balaban J connectivity index is 2.61. The zero-order valence-corrected chi connectivity index (χ0v) is 11.5. The molecule has 0 aromatic carbocycles. The van der Waals surface area contributed by atoms with Crippen LogP contribution in [0.2, 0.25) is 0 Å². The van der Waals surface area contributed by atoms with Gasteiger partial charge >= 0.3 is 0 Å². The molecule has 0 saturated heterocycles. The Morgan fingerprint density at radius 1 is 0.938 bits per heavy atom. The lowest BCUT2D eigenvalue weighted by atomic mass is 9.91. The minimum absolute atomic E-state index is 0.727. The molecule has 0 aliphatic heterocycles. The Bertz CT molecular complexity index is 166. The third kappa shape index (κ3) is 4.06. The monoisotopic (exact) mass is 226 g/mol. The van der Waals surface area contributed by atoms with E-state index < -0.39 is 0 Å². The van der Waals surface area contributed by atoms with Gasteiger partial charge in [0, 0.05) is 12.1 Å². The molecule has 0 radical (unpaired) electrons. The molecule has 1 saturated carbocycles. The van der Waals surface area contributed by atoms with Crippen LogP contribution in [0.4, 0.5) is 0 Å². The molecule has 1 fully saturated rings. The van der Waals surface area contributed by atoms with Crippen LogP contribution in [0, 0.1) is 0 Å². The Kier molecular flexibility index (Phi) is 7.06. The largest absolute Gasteiger partial charge is 0.313 e. The van der Waals surface area contributed by atoms with E-state index in [1.54, 1.807) is 0 Å². The first-order valence-electron chi connectivity index (χ1n) is 7.30. The van der Waals surface area contributed by atoms with E-state index in [2.05, 4.69) is 31.0 Å². The van der Waals surface area contributed by atoms with E-state index in [9.17, 15) is 0 Å². The van der Waals surface area contributed by atoms with Crippen LogP contribution in [0.5, 0.6) is 0 Å². The third-order valence-electron chi connectivity index (χ3n) is 3.98. The zero-order valence-electron chi connectivity index (χ0n) is 11.5. The summed E-state index contributed by atoms with van der Waals surface area (Å²) in [4.78, 5) is 2.65. The second-order valence-electron chi connectivity index (χ2n) is 4.94. The summed E-state index contributed by atoms with van der Waals surface area (Å²) in [5, 5.41) is 3.71. The Morgan fingerprint density at radius 3 is 2.12 bits per heavy atom. The summed E-state index contributed by atoms with van der Waals surface area (Å²) in [6.07, 6.45) is 8.47. The molecule has 1 aliphatic carbocycles. The number of rotatable bonds is 5. The first-order valence-corrected chi connectivity index (χ1v) is 7.30. The van der Waals surface area contributed by atoms with Crippen LogP contribution in [0.15, 0.2) is 0 Å². The minimum atomic E-state index is 0.727. The molecule has 2 heteroatoms. The van der Waals surface area contributed by atoms with Crippen LogP contribution >= 0.6 is 0 Å². The highest BCUT2D eigenvalue weighted by molar-refractivity contribution is 4.85. The van der Waals surface area contributed by atoms with Crippen LogP contribution in [-0.2, 0) is 0 Å². The fourth-order valence-electron chi connectivity index (χ4n) is 3.09. The molecule has 0 spiro atoms. The third-order valence-corrected chi connectivity index (χ3v) is 3.98. The van der Waals surface area contributed by atoms with Crippen molar-refractivity contribution in [2.75, 3.05) is 19.6 Å². The number of likely N-dealkylation sites (N-methyl/N-ethyl adjacent to an activating group) is 2. The molecular weight excluding hydrogens is 196 g/mol. The van der Waals surface area contributed by atoms with Crippen molar-refractivity contribution in [2.45, 2.75) is 71.4 Å². The lowest BCUT2D eigenvalue weighted by Gasteiger charge is -2.37. The normalized spacial score (nSPS) is 27.8. The quantitative estimate of drug-likeness (QED) is 0.775. The lowest BCUT2D eigenvalue weighted by Crippen LogP contribution is -2.50. The highest BCUT2D eigenvalue weighted by atomic mass is 15.2. The molecule has 1 aliphatic rings. The molecule has 2 unspecified atom stereocenters. The highest BCUT2D eigenvalue weighted by Crippen LogP contribution is 2.21. The summed E-state index contributed by atoms with van der Waals surface area (Å²) < 4.78 is 0. The van der Waals surface area contributed by atoms with E-state index in [-0.39, 0.29) is 0 Å². The van der Waals surface area contributed by atoms with Gasteiger partial charge in [-0.2, -0.15) is 0 Å². The minimum Gasteiger partial charge on any atom is -0.313 e. The van der Waals surface area contributed by atoms with Crippen molar-refractivity contribution in [1.82, 2.24) is 10.2 Å². The van der Waals surface area contributed by atoms with Gasteiger partial charge in [0.15, 0.2) is 0 Å². The van der Waals surface area contributed by atoms with E-state index in [0.29, 0.717) is 0 Å². The number of hydrogen-bond acceptors (Lipinski definition) is 2. The van der Waals surface area contributed by atoms with Crippen molar-refractivity contribution in [2.24, 2.45) is 0 Å². The Morgan fingerprint density at radius 2 is 1.56 bits per heavy atom. The van der Waals surface area contributed by atoms with E-state index >= 15 is 0 Å². The molecule has 2 nitrogen and oxygen atoms in total. The van der Waals surface area contributed by atoms with Crippen LogP contribution in [0.25, 0.3) is 0 Å². The van der Waals surface area contributed by atoms with Gasteiger partial charge in [0.1, 0.15) is 0 Å². The molecule has 16 heavy (non-hydrogen) atoms. The molecule has 0 aromatic heterocycles. The van der Waals surface area contributed by atoms with Gasteiger partial charge in [-0.1, -0.05) is 46.5 Å². The van der Waals surface area contributed by atoms with Gasteiger partial charge < -0.3 is 5.32 Å². The second kappa shape index (κ2) is 8.08. The summed E-state index contributed by atoms with van der Waals surface area (Å²) in [6, 6.07) is 1.50. The number of nitrogens with one attached hydrogen (secondary N) is 1. The SMILES string of the molecule is CCNC1CCCCCCC1N(CC)CC. The van der Waals surface area contributed by atoms with Crippen LogP contribution in [0.3, 0.4) is 0 Å². The second-order valence-corrected chi connectivity index (χ2v) is 4.94. The molecule has 0 bridgehead atoms. The van der Waals surface area contributed by atoms with Crippen molar-refractivity contribution < 1.29 is 0 Å². The molecule has 1 N–H and O–H groups in total. The fourth-order valence-corrected chi connectivity index (χ4v) is 3.09. The fraction of sp³-hybridized carbons (Fsp3) is 1.00. The van der Waals surface area contributed by atoms with Gasteiger partial charge in [0.25, 0.3) is 0 Å². The van der Waals surface area contributed by atoms with Crippen molar-refractivity contribution in [3.05, 3.63) is 0 Å². The average molecular weight is 226 g/mol. The van der Waals surface area contributed by atoms with Gasteiger partial charge in [0.05, 0.1) is 0 Å². The topological polar surface area (TPSA) is 15.3 Å². The molecule has 0 aromatic rings.